The molecule has 1 N–H and O–H groups in total. The maximum absolute atomic E-state index is 13.0. The number of aromatic nitrogens is 3. The molecule has 2 aromatic carbocycles. The van der Waals surface area contributed by atoms with Crippen molar-refractivity contribution in [1.29, 1.82) is 0 Å². The Morgan fingerprint density at radius 1 is 1.08 bits per heavy atom. The fraction of sp³-hybridized carbons (Fsp3) is 0.100. The molecular weight excluding hydrogens is 344 g/mol. The Bertz CT molecular complexity index is 1200. The molecular formula is C20H18N4OS. The molecule has 26 heavy (non-hydrogen) atoms. The topological polar surface area (TPSA) is 53.9 Å². The number of para-hydroxylation sites is 1. The highest BCUT2D eigenvalue weighted by molar-refractivity contribution is 7.20. The monoisotopic (exact) mass is 362 g/mol. The van der Waals surface area contributed by atoms with E-state index in [0.29, 0.717) is 10.4 Å². The van der Waals surface area contributed by atoms with Crippen molar-refractivity contribution in [3.8, 4) is 5.13 Å². The molecule has 0 atom stereocenters. The summed E-state index contributed by atoms with van der Waals surface area (Å²) in [5.74, 6) is 0. The molecule has 0 aliphatic rings. The lowest BCUT2D eigenvalue weighted by Crippen LogP contribution is -2.36. The summed E-state index contributed by atoms with van der Waals surface area (Å²) in [6.45, 7) is 0. The summed E-state index contributed by atoms with van der Waals surface area (Å²) in [7, 11) is 3.81. The number of nitrogens with one attached hydrogen (secondary N) is 1. The van der Waals surface area contributed by atoms with Gasteiger partial charge in [-0.1, -0.05) is 53.8 Å². The lowest BCUT2D eigenvalue weighted by molar-refractivity contribution is 0.613. The zero-order valence-corrected chi connectivity index (χ0v) is 15.3. The molecule has 4 rings (SSSR count). The number of nitrogens with zero attached hydrogens (tertiary/aromatic N) is 3. The van der Waals surface area contributed by atoms with Gasteiger partial charge in [0.2, 0.25) is 5.13 Å². The zero-order chi connectivity index (χ0) is 18.1. The maximum Gasteiger partial charge on any atom is 0.282 e. The minimum atomic E-state index is -0.111. The van der Waals surface area contributed by atoms with Crippen molar-refractivity contribution in [3.05, 3.63) is 81.1 Å². The number of H-pyrrole nitrogens is 1. The van der Waals surface area contributed by atoms with Crippen molar-refractivity contribution >= 4 is 33.8 Å². The first-order valence-electron chi connectivity index (χ1n) is 8.24. The van der Waals surface area contributed by atoms with Crippen molar-refractivity contribution in [2.24, 2.45) is 0 Å². The number of benzene rings is 2. The second-order valence-electron chi connectivity index (χ2n) is 6.19. The maximum atomic E-state index is 13.0. The van der Waals surface area contributed by atoms with Crippen molar-refractivity contribution in [3.63, 3.8) is 0 Å². The highest BCUT2D eigenvalue weighted by Gasteiger charge is 2.10. The van der Waals surface area contributed by atoms with Gasteiger partial charge in [0.1, 0.15) is 0 Å². The average Bonchev–Trinajstić information content (AvgIpc) is 3.18. The number of fused-ring (bicyclic) bond motifs is 1. The Hall–Kier alpha value is -3.12. The standard InChI is InChI=1S/C20H18N4OS/c1-23(2)13-15-17(12-14-8-4-3-5-9-14)22-24(19(15)25)20-21-16-10-6-7-11-18(16)26-20/h3-13,22H,1-2H3/b15-13?,17-12-. The van der Waals surface area contributed by atoms with Gasteiger partial charge in [0.05, 0.1) is 20.8 Å². The lowest BCUT2D eigenvalue weighted by atomic mass is 10.2. The summed E-state index contributed by atoms with van der Waals surface area (Å²) in [4.78, 5) is 19.5. The van der Waals surface area contributed by atoms with E-state index in [1.54, 1.807) is 0 Å². The van der Waals surface area contributed by atoms with E-state index in [2.05, 4.69) is 10.1 Å². The third-order valence-electron chi connectivity index (χ3n) is 3.93. The van der Waals surface area contributed by atoms with Crippen LogP contribution in [-0.4, -0.2) is 33.8 Å². The second kappa shape index (κ2) is 6.65. The van der Waals surface area contributed by atoms with Crippen LogP contribution < -0.4 is 16.1 Å². The Labute approximate surface area is 154 Å². The van der Waals surface area contributed by atoms with E-state index in [0.717, 1.165) is 21.1 Å². The van der Waals surface area contributed by atoms with Crippen molar-refractivity contribution in [2.45, 2.75) is 0 Å². The molecule has 0 fully saturated rings. The molecule has 130 valence electrons. The van der Waals surface area contributed by atoms with E-state index in [9.17, 15) is 4.79 Å². The van der Waals surface area contributed by atoms with E-state index in [1.165, 1.54) is 16.0 Å². The number of thiazole rings is 1. The van der Waals surface area contributed by atoms with E-state index in [1.807, 2.05) is 85.9 Å². The first-order valence-corrected chi connectivity index (χ1v) is 9.05. The van der Waals surface area contributed by atoms with Gasteiger partial charge in [0.25, 0.3) is 5.56 Å². The van der Waals surface area contributed by atoms with Gasteiger partial charge in [-0.2, -0.15) is 4.68 Å². The molecule has 0 aliphatic heterocycles. The molecule has 0 radical (unpaired) electrons. The largest absolute Gasteiger partial charge is 0.383 e. The van der Waals surface area contributed by atoms with Gasteiger partial charge in [-0.25, -0.2) is 4.98 Å². The van der Waals surface area contributed by atoms with Crippen molar-refractivity contribution in [2.75, 3.05) is 14.1 Å². The lowest BCUT2D eigenvalue weighted by Gasteiger charge is -2.00. The molecule has 0 saturated carbocycles. The fourth-order valence-corrected chi connectivity index (χ4v) is 3.69. The Balaban J connectivity index is 1.97. The van der Waals surface area contributed by atoms with Gasteiger partial charge in [-0.15, -0.1) is 0 Å². The fourth-order valence-electron chi connectivity index (χ4n) is 2.77. The average molecular weight is 362 g/mol. The normalized spacial score (nSPS) is 12.8. The third-order valence-corrected chi connectivity index (χ3v) is 4.95. The number of aromatic amines is 1. The summed E-state index contributed by atoms with van der Waals surface area (Å²) < 4.78 is 2.57. The highest BCUT2D eigenvalue weighted by Crippen LogP contribution is 2.22. The molecule has 0 bridgehead atoms. The SMILES string of the molecule is CN(C)C=c1c(=O)n(-c2nc3ccccc3s2)[nH]/c1=C\c1ccccc1. The number of hydrogen-bond donors (Lipinski definition) is 1. The first-order chi connectivity index (χ1) is 12.6. The van der Waals surface area contributed by atoms with Crippen LogP contribution in [0.5, 0.6) is 0 Å². The van der Waals surface area contributed by atoms with Crippen LogP contribution in [0, 0.1) is 0 Å². The molecule has 0 aliphatic carbocycles. The Morgan fingerprint density at radius 2 is 1.81 bits per heavy atom. The zero-order valence-electron chi connectivity index (χ0n) is 14.5. The number of hydrogen-bond acceptors (Lipinski definition) is 4. The van der Waals surface area contributed by atoms with Gasteiger partial charge >= 0.3 is 0 Å². The summed E-state index contributed by atoms with van der Waals surface area (Å²) in [5.41, 5.74) is 1.80. The van der Waals surface area contributed by atoms with Crippen LogP contribution in [0.25, 0.3) is 27.6 Å². The van der Waals surface area contributed by atoms with Gasteiger partial charge in [0, 0.05) is 20.3 Å². The van der Waals surface area contributed by atoms with E-state index < -0.39 is 0 Å². The van der Waals surface area contributed by atoms with Crippen LogP contribution in [0.3, 0.4) is 0 Å². The second-order valence-corrected chi connectivity index (χ2v) is 7.20. The minimum Gasteiger partial charge on any atom is -0.383 e. The molecule has 0 amide bonds. The van der Waals surface area contributed by atoms with Crippen molar-refractivity contribution in [1.82, 2.24) is 19.7 Å². The van der Waals surface area contributed by atoms with E-state index in [4.69, 9.17) is 0 Å². The molecule has 4 aromatic rings. The van der Waals surface area contributed by atoms with Gasteiger partial charge in [0.15, 0.2) is 0 Å². The van der Waals surface area contributed by atoms with Crippen LogP contribution in [0.15, 0.2) is 59.4 Å². The van der Waals surface area contributed by atoms with Gasteiger partial charge in [-0.3, -0.25) is 9.89 Å². The van der Waals surface area contributed by atoms with Crippen molar-refractivity contribution < 1.29 is 0 Å². The van der Waals surface area contributed by atoms with Gasteiger partial charge in [-0.05, 0) is 23.8 Å². The summed E-state index contributed by atoms with van der Waals surface area (Å²) in [5, 5.41) is 5.22. The predicted molar refractivity (Wildman–Crippen MR) is 107 cm³/mol. The summed E-state index contributed by atoms with van der Waals surface area (Å²) in [6, 6.07) is 17.8. The van der Waals surface area contributed by atoms with Crippen LogP contribution >= 0.6 is 11.3 Å². The quantitative estimate of drug-likeness (QED) is 0.606. The molecule has 2 aromatic heterocycles. The van der Waals surface area contributed by atoms with Gasteiger partial charge < -0.3 is 4.90 Å². The third kappa shape index (κ3) is 3.07. The molecule has 2 heterocycles. The smallest absolute Gasteiger partial charge is 0.282 e. The summed E-state index contributed by atoms with van der Waals surface area (Å²) in [6.07, 6.45) is 3.80. The summed E-state index contributed by atoms with van der Waals surface area (Å²) >= 11 is 1.49. The highest BCUT2D eigenvalue weighted by atomic mass is 32.1. The molecule has 5 nitrogen and oxygen atoms in total. The van der Waals surface area contributed by atoms with Crippen LogP contribution in [0.4, 0.5) is 0 Å². The Kier molecular flexibility index (Phi) is 4.18. The van der Waals surface area contributed by atoms with Crippen LogP contribution in [-0.2, 0) is 0 Å². The van der Waals surface area contributed by atoms with E-state index in [-0.39, 0.29) is 5.56 Å². The molecule has 0 spiro atoms. The molecule has 0 unspecified atom stereocenters. The number of rotatable bonds is 3. The van der Waals surface area contributed by atoms with Crippen LogP contribution in [0.2, 0.25) is 0 Å². The van der Waals surface area contributed by atoms with Crippen LogP contribution in [0.1, 0.15) is 5.56 Å². The molecule has 0 saturated heterocycles. The van der Waals surface area contributed by atoms with E-state index >= 15 is 0 Å². The predicted octanol–water partition coefficient (Wildman–Crippen LogP) is 1.90. The molecule has 6 heteroatoms. The first kappa shape index (κ1) is 16.4. The Morgan fingerprint density at radius 3 is 2.54 bits per heavy atom. The minimum absolute atomic E-state index is 0.111.